The highest BCUT2D eigenvalue weighted by molar-refractivity contribution is 7.90. The first-order valence-electron chi connectivity index (χ1n) is 12.0. The molecule has 2 amide bonds. The van der Waals surface area contributed by atoms with Crippen LogP contribution in [0.1, 0.15) is 30.5 Å². The zero-order valence-electron chi connectivity index (χ0n) is 21.0. The van der Waals surface area contributed by atoms with Crippen molar-refractivity contribution in [2.24, 2.45) is 4.99 Å². The van der Waals surface area contributed by atoms with Gasteiger partial charge in [0.15, 0.2) is 0 Å². The van der Waals surface area contributed by atoms with Crippen molar-refractivity contribution in [1.82, 2.24) is 10.0 Å². The second-order valence-corrected chi connectivity index (χ2v) is 11.4. The third kappa shape index (κ3) is 5.95. The lowest BCUT2D eigenvalue weighted by molar-refractivity contribution is -0.128. The number of carbonyl (C=O) groups is 2. The number of likely N-dealkylation sites (N-methyl/N-ethyl adjacent to an activating group) is 1. The fourth-order valence-electron chi connectivity index (χ4n) is 4.05. The quantitative estimate of drug-likeness (QED) is 0.478. The van der Waals surface area contributed by atoms with Gasteiger partial charge >= 0.3 is 0 Å². The summed E-state index contributed by atoms with van der Waals surface area (Å²) < 4.78 is 27.9. The molecule has 37 heavy (non-hydrogen) atoms. The smallest absolute Gasteiger partial charge is 0.272 e. The number of benzene rings is 3. The fraction of sp³-hybridized carbons (Fsp3) is 0.250. The first-order chi connectivity index (χ1) is 17.7. The fourth-order valence-corrected chi connectivity index (χ4v) is 4.91. The van der Waals surface area contributed by atoms with Gasteiger partial charge in [-0.3, -0.25) is 9.59 Å². The van der Waals surface area contributed by atoms with Crippen LogP contribution >= 0.6 is 0 Å². The Morgan fingerprint density at radius 2 is 1.54 bits per heavy atom. The number of rotatable bonds is 8. The zero-order chi connectivity index (χ0) is 26.6. The molecule has 9 heteroatoms. The van der Waals surface area contributed by atoms with Crippen LogP contribution in [0.3, 0.4) is 0 Å². The molecule has 0 unspecified atom stereocenters. The lowest BCUT2D eigenvalue weighted by atomic mass is 10.0. The van der Waals surface area contributed by atoms with E-state index >= 15 is 0 Å². The third-order valence-corrected chi connectivity index (χ3v) is 8.05. The van der Waals surface area contributed by atoms with Crippen LogP contribution in [0.15, 0.2) is 89.9 Å². The Hall–Kier alpha value is -3.82. The van der Waals surface area contributed by atoms with Crippen molar-refractivity contribution < 1.29 is 18.0 Å². The molecule has 1 heterocycles. The average Bonchev–Trinajstić information content (AvgIpc) is 3.00. The molecule has 1 aliphatic rings. The lowest BCUT2D eigenvalue weighted by Crippen LogP contribution is -2.54. The first-order valence-corrected chi connectivity index (χ1v) is 13.6. The second-order valence-electron chi connectivity index (χ2n) is 9.12. The minimum absolute atomic E-state index is 0.116. The monoisotopic (exact) mass is 518 g/mol. The van der Waals surface area contributed by atoms with Gasteiger partial charge in [-0.1, -0.05) is 78.9 Å². The summed E-state index contributed by atoms with van der Waals surface area (Å²) in [5, 5.41) is 1.98. The number of fused-ring (bicyclic) bond motifs is 1. The van der Waals surface area contributed by atoms with E-state index in [2.05, 4.69) is 10.0 Å². The predicted octanol–water partition coefficient (Wildman–Crippen LogP) is 2.88. The van der Waals surface area contributed by atoms with Crippen LogP contribution in [0.2, 0.25) is 0 Å². The Balaban J connectivity index is 1.71. The van der Waals surface area contributed by atoms with E-state index in [1.54, 1.807) is 7.05 Å². The number of anilines is 1. The van der Waals surface area contributed by atoms with Crippen molar-refractivity contribution in [1.29, 1.82) is 0 Å². The maximum Gasteiger partial charge on any atom is 0.272 e. The van der Waals surface area contributed by atoms with E-state index in [0.717, 1.165) is 16.7 Å². The van der Waals surface area contributed by atoms with Crippen LogP contribution in [0.4, 0.5) is 5.69 Å². The van der Waals surface area contributed by atoms with E-state index in [4.69, 9.17) is 4.99 Å². The molecular weight excluding hydrogens is 488 g/mol. The van der Waals surface area contributed by atoms with E-state index in [0.29, 0.717) is 11.4 Å². The predicted molar refractivity (Wildman–Crippen MR) is 145 cm³/mol. The summed E-state index contributed by atoms with van der Waals surface area (Å²) in [7, 11) is -2.14. The number of sulfonamides is 1. The van der Waals surface area contributed by atoms with Crippen LogP contribution in [0.5, 0.6) is 0 Å². The first kappa shape index (κ1) is 26.2. The Kier molecular flexibility index (Phi) is 7.85. The number of nitrogens with zero attached hydrogens (tertiary/aromatic N) is 2. The molecule has 8 nitrogen and oxygen atoms in total. The molecule has 4 rings (SSSR count). The van der Waals surface area contributed by atoms with Gasteiger partial charge in [0.1, 0.15) is 6.04 Å². The van der Waals surface area contributed by atoms with Crippen LogP contribution in [0, 0.1) is 0 Å². The molecular formula is C28H30N4O4S. The summed E-state index contributed by atoms with van der Waals surface area (Å²) in [5.41, 5.74) is 3.54. The molecule has 2 N–H and O–H groups in total. The Morgan fingerprint density at radius 1 is 0.946 bits per heavy atom. The van der Waals surface area contributed by atoms with Gasteiger partial charge in [-0.05, 0) is 31.9 Å². The van der Waals surface area contributed by atoms with Gasteiger partial charge in [-0.2, -0.15) is 0 Å². The van der Waals surface area contributed by atoms with E-state index < -0.39 is 39.3 Å². The molecule has 3 aromatic carbocycles. The van der Waals surface area contributed by atoms with E-state index in [-0.39, 0.29) is 6.42 Å². The molecule has 0 spiro atoms. The molecule has 3 aromatic rings. The highest BCUT2D eigenvalue weighted by Gasteiger charge is 2.34. The summed E-state index contributed by atoms with van der Waals surface area (Å²) in [4.78, 5) is 33.1. The lowest BCUT2D eigenvalue weighted by Gasteiger charge is -2.24. The third-order valence-electron chi connectivity index (χ3n) is 6.20. The molecule has 0 fully saturated rings. The normalized spacial score (nSPS) is 16.5. The zero-order valence-corrected chi connectivity index (χ0v) is 21.8. The number of para-hydroxylation sites is 1. The summed E-state index contributed by atoms with van der Waals surface area (Å²) in [6.45, 7) is 3.08. The molecule has 192 valence electrons. The summed E-state index contributed by atoms with van der Waals surface area (Å²) >= 11 is 0. The van der Waals surface area contributed by atoms with Crippen molar-refractivity contribution in [3.63, 3.8) is 0 Å². The minimum atomic E-state index is -3.77. The maximum atomic E-state index is 13.5. The maximum absolute atomic E-state index is 13.5. The number of benzodiazepines with no additional fused rings is 1. The van der Waals surface area contributed by atoms with Gasteiger partial charge in [0, 0.05) is 18.2 Å². The highest BCUT2D eigenvalue weighted by Crippen LogP contribution is 2.27. The standard InChI is InChI=1S/C28H30N4O4S/c1-19(2)37(35,36)31-23(18-20-12-6-4-7-13-20)27(33)30-26-28(34)32(3)24-17-11-10-16-22(24)25(29-26)21-14-8-5-9-15-21/h4-17,19,23,26,31H,18H2,1-3H3,(H,30,33)/t23-,26+/m1/s1. The van der Waals surface area contributed by atoms with Crippen molar-refractivity contribution in [2.75, 3.05) is 11.9 Å². The van der Waals surface area contributed by atoms with Gasteiger partial charge in [-0.25, -0.2) is 18.1 Å². The average molecular weight is 519 g/mol. The van der Waals surface area contributed by atoms with Gasteiger partial charge in [0.2, 0.25) is 22.1 Å². The van der Waals surface area contributed by atoms with Crippen LogP contribution < -0.4 is 14.9 Å². The Labute approximate surface area is 217 Å². The topological polar surface area (TPSA) is 108 Å². The summed E-state index contributed by atoms with van der Waals surface area (Å²) in [5.74, 6) is -1.07. The second kappa shape index (κ2) is 11.1. The van der Waals surface area contributed by atoms with Crippen molar-refractivity contribution in [2.45, 2.75) is 37.7 Å². The highest BCUT2D eigenvalue weighted by atomic mass is 32.2. The number of hydrogen-bond acceptors (Lipinski definition) is 5. The largest absolute Gasteiger partial charge is 0.325 e. The van der Waals surface area contributed by atoms with Gasteiger partial charge in [0.05, 0.1) is 16.6 Å². The van der Waals surface area contributed by atoms with Crippen LogP contribution in [-0.4, -0.2) is 50.4 Å². The molecule has 0 saturated carbocycles. The van der Waals surface area contributed by atoms with Crippen molar-refractivity contribution >= 4 is 33.2 Å². The van der Waals surface area contributed by atoms with Gasteiger partial charge < -0.3 is 10.2 Å². The molecule has 0 radical (unpaired) electrons. The Bertz CT molecular complexity index is 1410. The number of carbonyl (C=O) groups excluding carboxylic acids is 2. The number of hydrogen-bond donors (Lipinski definition) is 2. The van der Waals surface area contributed by atoms with E-state index in [1.165, 1.54) is 18.7 Å². The molecule has 0 saturated heterocycles. The number of amides is 2. The summed E-state index contributed by atoms with van der Waals surface area (Å²) in [6, 6.07) is 24.8. The van der Waals surface area contributed by atoms with Gasteiger partial charge in [0.25, 0.3) is 5.91 Å². The molecule has 2 atom stereocenters. The number of aliphatic imine (C=N–C) groups is 1. The number of nitrogens with one attached hydrogen (secondary N) is 2. The van der Waals surface area contributed by atoms with Crippen molar-refractivity contribution in [3.8, 4) is 0 Å². The molecule has 0 aromatic heterocycles. The minimum Gasteiger partial charge on any atom is -0.325 e. The molecule has 1 aliphatic heterocycles. The van der Waals surface area contributed by atoms with Crippen LogP contribution in [0.25, 0.3) is 0 Å². The Morgan fingerprint density at radius 3 is 2.19 bits per heavy atom. The molecule has 0 aliphatic carbocycles. The SMILES string of the molecule is CC(C)S(=O)(=O)N[C@H](Cc1ccccc1)C(=O)N[C@@H]1N=C(c2ccccc2)c2ccccc2N(C)C1=O. The van der Waals surface area contributed by atoms with Crippen molar-refractivity contribution in [3.05, 3.63) is 102 Å². The van der Waals surface area contributed by atoms with E-state index in [9.17, 15) is 18.0 Å². The summed E-state index contributed by atoms with van der Waals surface area (Å²) in [6.07, 6.45) is -1.13. The van der Waals surface area contributed by atoms with E-state index in [1.807, 2.05) is 84.9 Å². The molecule has 0 bridgehead atoms. The van der Waals surface area contributed by atoms with Gasteiger partial charge in [-0.15, -0.1) is 0 Å². The van der Waals surface area contributed by atoms with Crippen LogP contribution in [-0.2, 0) is 26.0 Å².